The standard InChI is InChI=1S/C7H7BrN2O2S/c1-4(6(11)12)13-7-9-2-5(8)3-10-7/h2-4H,1H3,(H,11,12). The van der Waals surface area contributed by atoms with Crippen molar-refractivity contribution in [1.82, 2.24) is 9.97 Å². The van der Waals surface area contributed by atoms with E-state index in [2.05, 4.69) is 25.9 Å². The number of halogens is 1. The van der Waals surface area contributed by atoms with Gasteiger partial charge in [0, 0.05) is 12.4 Å². The first-order valence-corrected chi connectivity index (χ1v) is 5.14. The predicted molar refractivity (Wildman–Crippen MR) is 52.7 cm³/mol. The Morgan fingerprint density at radius 1 is 1.62 bits per heavy atom. The number of aliphatic carboxylic acids is 1. The number of hydrogen-bond acceptors (Lipinski definition) is 4. The van der Waals surface area contributed by atoms with Crippen LogP contribution in [0.2, 0.25) is 0 Å². The van der Waals surface area contributed by atoms with Crippen LogP contribution in [0, 0.1) is 0 Å². The lowest BCUT2D eigenvalue weighted by molar-refractivity contribution is -0.136. The first kappa shape index (κ1) is 10.5. The number of aromatic nitrogens is 2. The van der Waals surface area contributed by atoms with E-state index < -0.39 is 11.2 Å². The van der Waals surface area contributed by atoms with Gasteiger partial charge in [-0.15, -0.1) is 0 Å². The van der Waals surface area contributed by atoms with Gasteiger partial charge in [0.05, 0.1) is 4.47 Å². The minimum atomic E-state index is -0.864. The van der Waals surface area contributed by atoms with Crippen LogP contribution in [0.1, 0.15) is 6.92 Å². The summed E-state index contributed by atoms with van der Waals surface area (Å²) in [6, 6.07) is 0. The average molecular weight is 263 g/mol. The number of hydrogen-bond donors (Lipinski definition) is 1. The first-order chi connectivity index (χ1) is 6.09. The molecule has 0 bridgehead atoms. The van der Waals surface area contributed by atoms with Crippen LogP contribution in [0.4, 0.5) is 0 Å². The van der Waals surface area contributed by atoms with Crippen LogP contribution in [-0.2, 0) is 4.79 Å². The van der Waals surface area contributed by atoms with E-state index in [-0.39, 0.29) is 0 Å². The number of carbonyl (C=O) groups is 1. The van der Waals surface area contributed by atoms with E-state index in [1.54, 1.807) is 19.3 Å². The van der Waals surface area contributed by atoms with Gasteiger partial charge < -0.3 is 5.11 Å². The molecule has 0 fully saturated rings. The molecule has 0 aliphatic carbocycles. The fourth-order valence-corrected chi connectivity index (χ4v) is 1.42. The van der Waals surface area contributed by atoms with Gasteiger partial charge in [-0.25, -0.2) is 9.97 Å². The molecule has 0 radical (unpaired) electrons. The molecule has 0 aliphatic heterocycles. The van der Waals surface area contributed by atoms with Crippen LogP contribution in [0.15, 0.2) is 22.0 Å². The van der Waals surface area contributed by atoms with E-state index in [0.717, 1.165) is 16.2 Å². The first-order valence-electron chi connectivity index (χ1n) is 3.46. The number of carboxylic acid groups (broad SMARTS) is 1. The lowest BCUT2D eigenvalue weighted by Gasteiger charge is -2.02. The lowest BCUT2D eigenvalue weighted by Crippen LogP contribution is -2.11. The second-order valence-electron chi connectivity index (χ2n) is 2.28. The predicted octanol–water partition coefficient (Wildman–Crippen LogP) is 1.80. The Balaban J connectivity index is 2.64. The zero-order chi connectivity index (χ0) is 9.84. The normalized spacial score (nSPS) is 12.5. The summed E-state index contributed by atoms with van der Waals surface area (Å²) in [5.41, 5.74) is 0. The van der Waals surface area contributed by atoms with Crippen molar-refractivity contribution in [3.63, 3.8) is 0 Å². The fourth-order valence-electron chi connectivity index (χ4n) is 0.570. The second kappa shape index (κ2) is 4.57. The molecule has 0 aromatic carbocycles. The summed E-state index contributed by atoms with van der Waals surface area (Å²) in [5.74, 6) is -0.864. The summed E-state index contributed by atoms with van der Waals surface area (Å²) in [7, 11) is 0. The maximum atomic E-state index is 10.5. The SMILES string of the molecule is CC(Sc1ncc(Br)cn1)C(=O)O. The summed E-state index contributed by atoms with van der Waals surface area (Å²) >= 11 is 4.31. The second-order valence-corrected chi connectivity index (χ2v) is 4.51. The van der Waals surface area contributed by atoms with Crippen molar-refractivity contribution in [2.75, 3.05) is 0 Å². The van der Waals surface area contributed by atoms with Crippen molar-refractivity contribution in [3.05, 3.63) is 16.9 Å². The van der Waals surface area contributed by atoms with Crippen molar-refractivity contribution >= 4 is 33.7 Å². The van der Waals surface area contributed by atoms with Gasteiger partial charge in [-0.3, -0.25) is 4.79 Å². The maximum absolute atomic E-state index is 10.5. The monoisotopic (exact) mass is 262 g/mol. The van der Waals surface area contributed by atoms with E-state index in [0.29, 0.717) is 5.16 Å². The molecule has 4 nitrogen and oxygen atoms in total. The van der Waals surface area contributed by atoms with Crippen LogP contribution in [0.25, 0.3) is 0 Å². The highest BCUT2D eigenvalue weighted by Crippen LogP contribution is 2.19. The minimum Gasteiger partial charge on any atom is -0.480 e. The third-order valence-electron chi connectivity index (χ3n) is 1.23. The molecule has 0 aliphatic rings. The third-order valence-corrected chi connectivity index (χ3v) is 2.61. The average Bonchev–Trinajstić information content (AvgIpc) is 2.08. The molecule has 1 rings (SSSR count). The summed E-state index contributed by atoms with van der Waals surface area (Å²) < 4.78 is 0.778. The van der Waals surface area contributed by atoms with Gasteiger partial charge in [0.2, 0.25) is 0 Å². The van der Waals surface area contributed by atoms with Crippen LogP contribution in [0.3, 0.4) is 0 Å². The smallest absolute Gasteiger partial charge is 0.316 e. The van der Waals surface area contributed by atoms with Crippen LogP contribution in [0.5, 0.6) is 0 Å². The highest BCUT2D eigenvalue weighted by molar-refractivity contribution is 9.10. The molecule has 1 atom stereocenters. The Kier molecular flexibility index (Phi) is 3.68. The van der Waals surface area contributed by atoms with Gasteiger partial charge in [-0.1, -0.05) is 11.8 Å². The number of rotatable bonds is 3. The zero-order valence-electron chi connectivity index (χ0n) is 6.77. The molecule has 1 aromatic rings. The Bertz CT molecular complexity index is 304. The topological polar surface area (TPSA) is 63.1 Å². The summed E-state index contributed by atoms with van der Waals surface area (Å²) in [4.78, 5) is 18.4. The summed E-state index contributed by atoms with van der Waals surface area (Å²) in [5, 5.41) is 8.56. The molecule has 1 aromatic heterocycles. The van der Waals surface area contributed by atoms with E-state index in [1.807, 2.05) is 0 Å². The maximum Gasteiger partial charge on any atom is 0.316 e. The minimum absolute atomic E-state index is 0.470. The van der Waals surface area contributed by atoms with Crippen molar-refractivity contribution in [1.29, 1.82) is 0 Å². The molecule has 13 heavy (non-hydrogen) atoms. The lowest BCUT2D eigenvalue weighted by atomic mass is 10.5. The number of nitrogens with zero attached hydrogens (tertiary/aromatic N) is 2. The van der Waals surface area contributed by atoms with Crippen LogP contribution < -0.4 is 0 Å². The Hall–Kier alpha value is -0.620. The molecule has 1 heterocycles. The summed E-state index contributed by atoms with van der Waals surface area (Å²) in [6.07, 6.45) is 3.17. The highest BCUT2D eigenvalue weighted by Gasteiger charge is 2.13. The quantitative estimate of drug-likeness (QED) is 0.665. The molecule has 0 saturated heterocycles. The number of carboxylic acids is 1. The largest absolute Gasteiger partial charge is 0.480 e. The van der Waals surface area contributed by atoms with E-state index >= 15 is 0 Å². The zero-order valence-corrected chi connectivity index (χ0v) is 9.17. The Morgan fingerprint density at radius 2 is 2.15 bits per heavy atom. The summed E-state index contributed by atoms with van der Waals surface area (Å²) in [6.45, 7) is 1.60. The van der Waals surface area contributed by atoms with Gasteiger partial charge >= 0.3 is 5.97 Å². The molecule has 1 unspecified atom stereocenters. The van der Waals surface area contributed by atoms with Crippen molar-refractivity contribution in [3.8, 4) is 0 Å². The molecular weight excluding hydrogens is 256 g/mol. The van der Waals surface area contributed by atoms with Crippen molar-refractivity contribution < 1.29 is 9.90 Å². The van der Waals surface area contributed by atoms with Gasteiger partial charge in [-0.05, 0) is 22.9 Å². The van der Waals surface area contributed by atoms with Gasteiger partial charge in [0.1, 0.15) is 5.25 Å². The fraction of sp³-hybridized carbons (Fsp3) is 0.286. The Morgan fingerprint density at radius 3 is 2.62 bits per heavy atom. The molecule has 1 N–H and O–H groups in total. The Labute approximate surface area is 87.9 Å². The molecule has 0 amide bonds. The van der Waals surface area contributed by atoms with Crippen LogP contribution in [-0.4, -0.2) is 26.3 Å². The molecule has 0 spiro atoms. The molecular formula is C7H7BrN2O2S. The van der Waals surface area contributed by atoms with E-state index in [9.17, 15) is 4.79 Å². The third kappa shape index (κ3) is 3.31. The number of thioether (sulfide) groups is 1. The van der Waals surface area contributed by atoms with Gasteiger partial charge in [0.25, 0.3) is 0 Å². The van der Waals surface area contributed by atoms with E-state index in [1.165, 1.54) is 0 Å². The molecule has 0 saturated carbocycles. The molecule has 70 valence electrons. The van der Waals surface area contributed by atoms with Crippen molar-refractivity contribution in [2.45, 2.75) is 17.3 Å². The molecule has 6 heteroatoms. The van der Waals surface area contributed by atoms with Crippen molar-refractivity contribution in [2.24, 2.45) is 0 Å². The van der Waals surface area contributed by atoms with Crippen LogP contribution >= 0.6 is 27.7 Å². The van der Waals surface area contributed by atoms with Gasteiger partial charge in [0.15, 0.2) is 5.16 Å². The van der Waals surface area contributed by atoms with E-state index in [4.69, 9.17) is 5.11 Å². The van der Waals surface area contributed by atoms with Gasteiger partial charge in [-0.2, -0.15) is 0 Å². The highest BCUT2D eigenvalue weighted by atomic mass is 79.9.